The van der Waals surface area contributed by atoms with Crippen molar-refractivity contribution in [2.45, 2.75) is 0 Å². The average molecular weight is 264 g/mol. The Bertz CT molecular complexity index is 561. The summed E-state index contributed by atoms with van der Waals surface area (Å²) in [6.45, 7) is 0. The Hall–Kier alpha value is -1.98. The molecule has 0 aliphatic rings. The lowest BCUT2D eigenvalue weighted by Gasteiger charge is -2.05. The molecule has 1 N–H and O–H groups in total. The third-order valence-electron chi connectivity index (χ3n) is 2.18. The lowest BCUT2D eigenvalue weighted by Crippen LogP contribution is -2.16. The van der Waals surface area contributed by atoms with Crippen LogP contribution in [0.25, 0.3) is 11.3 Å². The van der Waals surface area contributed by atoms with Gasteiger partial charge in [-0.25, -0.2) is 9.78 Å². The molecule has 1 aromatic heterocycles. The van der Waals surface area contributed by atoms with Gasteiger partial charge in [-0.05, 0) is 0 Å². The minimum absolute atomic E-state index is 0.0500. The van der Waals surface area contributed by atoms with Crippen LogP contribution in [0, 0.1) is 0 Å². The molecule has 0 spiro atoms. The molecule has 0 unspecified atom stereocenters. The van der Waals surface area contributed by atoms with Crippen molar-refractivity contribution in [1.82, 2.24) is 15.4 Å². The van der Waals surface area contributed by atoms with Crippen LogP contribution in [0.1, 0.15) is 10.5 Å². The number of carbonyl (C=O) groups is 1. The van der Waals surface area contributed by atoms with E-state index in [2.05, 4.69) is 20.3 Å². The standard InChI is InChI=1S/C12H10ClN3O2/c1-14-18-12(17)9-7-15-10(11(13)16-9)8-5-3-2-4-6-8/h2-7,14H,1H3. The number of nitrogens with one attached hydrogen (secondary N) is 1. The molecule has 1 heterocycles. The predicted molar refractivity (Wildman–Crippen MR) is 67.0 cm³/mol. The van der Waals surface area contributed by atoms with Crippen molar-refractivity contribution in [2.75, 3.05) is 7.05 Å². The van der Waals surface area contributed by atoms with Gasteiger partial charge < -0.3 is 4.84 Å². The second-order valence-electron chi connectivity index (χ2n) is 3.35. The van der Waals surface area contributed by atoms with Gasteiger partial charge in [0, 0.05) is 12.6 Å². The van der Waals surface area contributed by atoms with Gasteiger partial charge in [0.25, 0.3) is 0 Å². The molecule has 5 nitrogen and oxygen atoms in total. The maximum absolute atomic E-state index is 11.4. The summed E-state index contributed by atoms with van der Waals surface area (Å²) in [5.74, 6) is -0.633. The van der Waals surface area contributed by atoms with Crippen molar-refractivity contribution in [3.63, 3.8) is 0 Å². The Labute approximate surface area is 109 Å². The molecule has 0 aliphatic carbocycles. The van der Waals surface area contributed by atoms with Gasteiger partial charge in [0.2, 0.25) is 0 Å². The zero-order valence-corrected chi connectivity index (χ0v) is 10.3. The average Bonchev–Trinajstić information content (AvgIpc) is 2.40. The molecule has 0 radical (unpaired) electrons. The highest BCUT2D eigenvalue weighted by Gasteiger charge is 2.13. The van der Waals surface area contributed by atoms with Crippen molar-refractivity contribution in [3.05, 3.63) is 47.4 Å². The van der Waals surface area contributed by atoms with Crippen molar-refractivity contribution in [2.24, 2.45) is 0 Å². The van der Waals surface area contributed by atoms with E-state index in [-0.39, 0.29) is 10.8 Å². The van der Waals surface area contributed by atoms with Gasteiger partial charge in [0.15, 0.2) is 10.8 Å². The molecule has 1 aromatic carbocycles. The Morgan fingerprint density at radius 3 is 2.67 bits per heavy atom. The van der Waals surface area contributed by atoms with E-state index in [4.69, 9.17) is 11.6 Å². The molecule has 0 saturated heterocycles. The number of hydrogen-bond donors (Lipinski definition) is 1. The molecule has 0 amide bonds. The van der Waals surface area contributed by atoms with Gasteiger partial charge in [-0.3, -0.25) is 4.98 Å². The van der Waals surface area contributed by atoms with E-state index in [1.807, 2.05) is 30.3 Å². The fourth-order valence-corrected chi connectivity index (χ4v) is 1.65. The second-order valence-corrected chi connectivity index (χ2v) is 3.71. The summed E-state index contributed by atoms with van der Waals surface area (Å²) in [5.41, 5.74) is 3.68. The maximum atomic E-state index is 11.4. The predicted octanol–water partition coefficient (Wildman–Crippen LogP) is 2.09. The molecule has 0 aliphatic heterocycles. The van der Waals surface area contributed by atoms with Crippen LogP contribution in [0.5, 0.6) is 0 Å². The highest BCUT2D eigenvalue weighted by atomic mass is 35.5. The van der Waals surface area contributed by atoms with E-state index >= 15 is 0 Å². The van der Waals surface area contributed by atoms with Gasteiger partial charge in [-0.2, -0.15) is 5.48 Å². The Balaban J connectivity index is 2.34. The first kappa shape index (κ1) is 12.5. The van der Waals surface area contributed by atoms with Crippen LogP contribution in [0.2, 0.25) is 5.15 Å². The van der Waals surface area contributed by atoms with Gasteiger partial charge in [0.1, 0.15) is 5.69 Å². The molecular formula is C12H10ClN3O2. The summed E-state index contributed by atoms with van der Waals surface area (Å²) in [7, 11) is 1.48. The summed E-state index contributed by atoms with van der Waals surface area (Å²) < 4.78 is 0. The lowest BCUT2D eigenvalue weighted by molar-refractivity contribution is 0.0302. The number of benzene rings is 1. The van der Waals surface area contributed by atoms with Gasteiger partial charge in [-0.15, -0.1) is 0 Å². The molecule has 2 rings (SSSR count). The fraction of sp³-hybridized carbons (Fsp3) is 0.0833. The van der Waals surface area contributed by atoms with Crippen LogP contribution in [-0.4, -0.2) is 23.0 Å². The third kappa shape index (κ3) is 2.64. The quantitative estimate of drug-likeness (QED) is 0.859. The monoisotopic (exact) mass is 263 g/mol. The van der Waals surface area contributed by atoms with Crippen molar-refractivity contribution in [1.29, 1.82) is 0 Å². The zero-order valence-electron chi connectivity index (χ0n) is 9.55. The molecule has 92 valence electrons. The molecule has 6 heteroatoms. The Morgan fingerprint density at radius 1 is 1.33 bits per heavy atom. The largest absolute Gasteiger partial charge is 0.377 e. The fourth-order valence-electron chi connectivity index (χ4n) is 1.40. The lowest BCUT2D eigenvalue weighted by atomic mass is 10.2. The van der Waals surface area contributed by atoms with Crippen molar-refractivity contribution < 1.29 is 9.63 Å². The summed E-state index contributed by atoms with van der Waals surface area (Å²) >= 11 is 6.01. The van der Waals surface area contributed by atoms with Crippen LogP contribution in [0.4, 0.5) is 0 Å². The molecule has 0 fully saturated rings. The van der Waals surface area contributed by atoms with E-state index in [9.17, 15) is 4.79 Å². The second kappa shape index (κ2) is 5.57. The van der Waals surface area contributed by atoms with E-state index in [1.54, 1.807) is 0 Å². The number of halogens is 1. The molecule has 0 atom stereocenters. The summed E-state index contributed by atoms with van der Waals surface area (Å²) in [6, 6.07) is 9.36. The number of rotatable bonds is 3. The number of hydroxylamine groups is 1. The number of carbonyl (C=O) groups excluding carboxylic acids is 1. The number of hydrogen-bond acceptors (Lipinski definition) is 5. The van der Waals surface area contributed by atoms with E-state index in [0.717, 1.165) is 5.56 Å². The van der Waals surface area contributed by atoms with Gasteiger partial charge in [-0.1, -0.05) is 41.9 Å². The van der Waals surface area contributed by atoms with Crippen LogP contribution in [0.3, 0.4) is 0 Å². The molecule has 0 bridgehead atoms. The first-order valence-corrected chi connectivity index (χ1v) is 5.56. The molecular weight excluding hydrogens is 254 g/mol. The van der Waals surface area contributed by atoms with E-state index < -0.39 is 5.97 Å². The van der Waals surface area contributed by atoms with Crippen LogP contribution >= 0.6 is 11.6 Å². The Morgan fingerprint density at radius 2 is 2.06 bits per heavy atom. The van der Waals surface area contributed by atoms with Crippen LogP contribution in [-0.2, 0) is 4.84 Å². The minimum Gasteiger partial charge on any atom is -0.366 e. The summed E-state index contributed by atoms with van der Waals surface area (Å²) in [4.78, 5) is 24.1. The summed E-state index contributed by atoms with van der Waals surface area (Å²) in [5, 5.41) is 0.159. The first-order valence-electron chi connectivity index (χ1n) is 5.18. The zero-order chi connectivity index (χ0) is 13.0. The topological polar surface area (TPSA) is 64.1 Å². The first-order chi connectivity index (χ1) is 8.72. The molecule has 18 heavy (non-hydrogen) atoms. The third-order valence-corrected chi connectivity index (χ3v) is 2.44. The van der Waals surface area contributed by atoms with E-state index in [0.29, 0.717) is 5.69 Å². The summed E-state index contributed by atoms with van der Waals surface area (Å²) in [6.07, 6.45) is 1.33. The number of aromatic nitrogens is 2. The smallest absolute Gasteiger partial charge is 0.366 e. The SMILES string of the molecule is CNOC(=O)c1cnc(-c2ccccc2)c(Cl)n1. The molecule has 2 aromatic rings. The van der Waals surface area contributed by atoms with Crippen molar-refractivity contribution in [3.8, 4) is 11.3 Å². The minimum atomic E-state index is -0.633. The number of nitrogens with zero attached hydrogens (tertiary/aromatic N) is 2. The van der Waals surface area contributed by atoms with Gasteiger partial charge >= 0.3 is 5.97 Å². The van der Waals surface area contributed by atoms with Crippen molar-refractivity contribution >= 4 is 17.6 Å². The van der Waals surface area contributed by atoms with Crippen LogP contribution < -0.4 is 5.48 Å². The maximum Gasteiger partial charge on any atom is 0.377 e. The van der Waals surface area contributed by atoms with Gasteiger partial charge in [0.05, 0.1) is 6.20 Å². The van der Waals surface area contributed by atoms with E-state index in [1.165, 1.54) is 13.2 Å². The Kier molecular flexibility index (Phi) is 3.86. The molecule has 0 saturated carbocycles. The highest BCUT2D eigenvalue weighted by molar-refractivity contribution is 6.31. The normalized spacial score (nSPS) is 10.1. The highest BCUT2D eigenvalue weighted by Crippen LogP contribution is 2.23. The van der Waals surface area contributed by atoms with Crippen LogP contribution in [0.15, 0.2) is 36.5 Å².